The molecule has 1 aromatic carbocycles. The predicted molar refractivity (Wildman–Crippen MR) is 87.0 cm³/mol. The van der Waals surface area contributed by atoms with E-state index in [0.29, 0.717) is 12.3 Å². The number of ether oxygens (including phenoxy) is 1. The maximum atomic E-state index is 12.8. The van der Waals surface area contributed by atoms with Crippen LogP contribution in [0, 0.1) is 19.7 Å². The molecule has 126 valence electrons. The Bertz CT molecular complexity index is 640. The fourth-order valence-electron chi connectivity index (χ4n) is 2.61. The number of benzene rings is 1. The molecule has 23 heavy (non-hydrogen) atoms. The summed E-state index contributed by atoms with van der Waals surface area (Å²) in [6, 6.07) is 5.83. The Morgan fingerprint density at radius 1 is 1.30 bits per heavy atom. The van der Waals surface area contributed by atoms with Gasteiger partial charge in [-0.15, -0.1) is 0 Å². The first-order valence-electron chi connectivity index (χ1n) is 7.68. The fraction of sp³-hybridized carbons (Fsp3) is 0.471. The van der Waals surface area contributed by atoms with Gasteiger partial charge in [0.2, 0.25) is 0 Å². The van der Waals surface area contributed by atoms with E-state index in [2.05, 4.69) is 10.4 Å². The van der Waals surface area contributed by atoms with Crippen molar-refractivity contribution in [3.63, 3.8) is 0 Å². The summed E-state index contributed by atoms with van der Waals surface area (Å²) in [5.41, 5.74) is 3.25. The highest BCUT2D eigenvalue weighted by molar-refractivity contribution is 5.27. The lowest BCUT2D eigenvalue weighted by Gasteiger charge is -2.18. The minimum atomic E-state index is -0.653. The van der Waals surface area contributed by atoms with Crippen LogP contribution >= 0.6 is 0 Å². The first kappa shape index (κ1) is 17.4. The second kappa shape index (κ2) is 7.57. The second-order valence-corrected chi connectivity index (χ2v) is 5.76. The minimum Gasteiger partial charge on any atom is -0.491 e. The molecule has 0 aliphatic rings. The van der Waals surface area contributed by atoms with Gasteiger partial charge in [-0.2, -0.15) is 5.10 Å². The number of hydrogen-bond acceptors (Lipinski definition) is 4. The third-order valence-corrected chi connectivity index (χ3v) is 3.91. The summed E-state index contributed by atoms with van der Waals surface area (Å²) in [5.74, 6) is 0.230. The van der Waals surface area contributed by atoms with Crippen LogP contribution < -0.4 is 10.1 Å². The molecule has 1 heterocycles. The molecule has 2 unspecified atom stereocenters. The summed E-state index contributed by atoms with van der Waals surface area (Å²) in [4.78, 5) is 0. The number of nitrogens with one attached hydrogen (secondary N) is 1. The number of nitrogens with zero attached hydrogens (tertiary/aromatic N) is 2. The second-order valence-electron chi connectivity index (χ2n) is 5.76. The van der Waals surface area contributed by atoms with E-state index in [9.17, 15) is 9.50 Å². The molecule has 0 aliphatic carbocycles. The van der Waals surface area contributed by atoms with Gasteiger partial charge in [0.1, 0.15) is 24.3 Å². The van der Waals surface area contributed by atoms with Crippen LogP contribution in [0.3, 0.4) is 0 Å². The smallest absolute Gasteiger partial charge is 0.123 e. The summed E-state index contributed by atoms with van der Waals surface area (Å²) in [6.07, 6.45) is -0.653. The van der Waals surface area contributed by atoms with Gasteiger partial charge in [0.05, 0.1) is 5.69 Å². The molecule has 0 saturated carbocycles. The van der Waals surface area contributed by atoms with E-state index in [1.807, 2.05) is 32.5 Å². The van der Waals surface area contributed by atoms with Gasteiger partial charge in [-0.25, -0.2) is 4.39 Å². The Balaban J connectivity index is 1.81. The topological polar surface area (TPSA) is 59.3 Å². The molecule has 2 rings (SSSR count). The monoisotopic (exact) mass is 321 g/mol. The number of halogens is 1. The van der Waals surface area contributed by atoms with Crippen LogP contribution in [-0.4, -0.2) is 34.1 Å². The van der Waals surface area contributed by atoms with Gasteiger partial charge in [0.15, 0.2) is 0 Å². The van der Waals surface area contributed by atoms with Crippen molar-refractivity contribution in [1.29, 1.82) is 0 Å². The molecule has 6 heteroatoms. The highest BCUT2D eigenvalue weighted by Gasteiger charge is 2.17. The van der Waals surface area contributed by atoms with Crippen molar-refractivity contribution >= 4 is 0 Å². The van der Waals surface area contributed by atoms with Gasteiger partial charge < -0.3 is 15.2 Å². The average Bonchev–Trinajstić information content (AvgIpc) is 2.77. The maximum Gasteiger partial charge on any atom is 0.123 e. The zero-order valence-corrected chi connectivity index (χ0v) is 14.0. The van der Waals surface area contributed by atoms with Crippen LogP contribution in [0.25, 0.3) is 0 Å². The van der Waals surface area contributed by atoms with Crippen LogP contribution in [0.4, 0.5) is 4.39 Å². The highest BCUT2D eigenvalue weighted by Crippen LogP contribution is 2.20. The Kier molecular flexibility index (Phi) is 5.74. The quantitative estimate of drug-likeness (QED) is 0.821. The van der Waals surface area contributed by atoms with Crippen molar-refractivity contribution in [2.75, 3.05) is 13.2 Å². The molecule has 2 aromatic rings. The molecule has 0 bridgehead atoms. The Labute approximate surface area is 136 Å². The molecule has 0 aliphatic heterocycles. The van der Waals surface area contributed by atoms with Crippen molar-refractivity contribution in [1.82, 2.24) is 15.1 Å². The Morgan fingerprint density at radius 2 is 1.96 bits per heavy atom. The van der Waals surface area contributed by atoms with Gasteiger partial charge in [-0.05, 0) is 45.0 Å². The molecule has 1 aromatic heterocycles. The van der Waals surface area contributed by atoms with Crippen LogP contribution in [0.2, 0.25) is 0 Å². The van der Waals surface area contributed by atoms with Crippen LogP contribution in [0.15, 0.2) is 24.3 Å². The van der Waals surface area contributed by atoms with Crippen molar-refractivity contribution in [3.8, 4) is 5.75 Å². The molecular weight excluding hydrogens is 297 g/mol. The van der Waals surface area contributed by atoms with Gasteiger partial charge in [-0.1, -0.05) is 0 Å². The van der Waals surface area contributed by atoms with Crippen LogP contribution in [0.1, 0.15) is 29.9 Å². The van der Waals surface area contributed by atoms with Gasteiger partial charge in [-0.3, -0.25) is 4.68 Å². The number of aliphatic hydroxyl groups excluding tert-OH is 1. The third-order valence-electron chi connectivity index (χ3n) is 3.91. The van der Waals surface area contributed by atoms with Crippen molar-refractivity contribution < 1.29 is 14.2 Å². The summed E-state index contributed by atoms with van der Waals surface area (Å²) in [5, 5.41) is 17.7. The third kappa shape index (κ3) is 4.53. The molecule has 0 amide bonds. The standard InChI is InChI=1S/C17H24FN3O2/c1-11(17-12(2)20-21(4)13(17)3)19-9-15(22)10-23-16-7-5-14(18)6-8-16/h5-8,11,15,19,22H,9-10H2,1-4H3. The first-order valence-corrected chi connectivity index (χ1v) is 7.68. The largest absolute Gasteiger partial charge is 0.491 e. The summed E-state index contributed by atoms with van der Waals surface area (Å²) in [6.45, 7) is 6.60. The highest BCUT2D eigenvalue weighted by atomic mass is 19.1. The summed E-state index contributed by atoms with van der Waals surface area (Å²) < 4.78 is 20.1. The molecular formula is C17H24FN3O2. The van der Waals surface area contributed by atoms with Crippen molar-refractivity contribution in [3.05, 3.63) is 47.0 Å². The lowest BCUT2D eigenvalue weighted by Crippen LogP contribution is -2.33. The number of rotatable bonds is 7. The predicted octanol–water partition coefficient (Wildman–Crippen LogP) is 2.27. The molecule has 0 saturated heterocycles. The first-order chi connectivity index (χ1) is 10.9. The fourth-order valence-corrected chi connectivity index (χ4v) is 2.61. The number of hydrogen-bond donors (Lipinski definition) is 2. The normalized spacial score (nSPS) is 13.8. The zero-order valence-electron chi connectivity index (χ0n) is 14.0. The van der Waals surface area contributed by atoms with Gasteiger partial charge in [0, 0.05) is 30.9 Å². The molecule has 0 fully saturated rings. The van der Waals surface area contributed by atoms with Gasteiger partial charge in [0.25, 0.3) is 0 Å². The van der Waals surface area contributed by atoms with E-state index >= 15 is 0 Å². The zero-order chi connectivity index (χ0) is 17.0. The van der Waals surface area contributed by atoms with Crippen LogP contribution in [0.5, 0.6) is 5.75 Å². The van der Waals surface area contributed by atoms with E-state index in [1.165, 1.54) is 12.1 Å². The molecule has 0 spiro atoms. The number of aryl methyl sites for hydroxylation is 2. The summed E-state index contributed by atoms with van der Waals surface area (Å²) in [7, 11) is 1.92. The van der Waals surface area contributed by atoms with Gasteiger partial charge >= 0.3 is 0 Å². The average molecular weight is 321 g/mol. The Hall–Kier alpha value is -1.92. The summed E-state index contributed by atoms with van der Waals surface area (Å²) >= 11 is 0. The molecule has 2 atom stereocenters. The minimum absolute atomic E-state index is 0.0872. The van der Waals surface area contributed by atoms with Crippen LogP contribution in [-0.2, 0) is 7.05 Å². The van der Waals surface area contributed by atoms with E-state index in [1.54, 1.807) is 12.1 Å². The SMILES string of the molecule is Cc1nn(C)c(C)c1C(C)NCC(O)COc1ccc(F)cc1. The van der Waals surface area contributed by atoms with E-state index in [4.69, 9.17) is 4.74 Å². The van der Waals surface area contributed by atoms with Crippen molar-refractivity contribution in [2.45, 2.75) is 32.9 Å². The van der Waals surface area contributed by atoms with Crippen molar-refractivity contribution in [2.24, 2.45) is 7.05 Å². The molecule has 5 nitrogen and oxygen atoms in total. The number of aromatic nitrogens is 2. The molecule has 2 N–H and O–H groups in total. The van der Waals surface area contributed by atoms with E-state index < -0.39 is 6.10 Å². The lowest BCUT2D eigenvalue weighted by atomic mass is 10.1. The Morgan fingerprint density at radius 3 is 2.52 bits per heavy atom. The lowest BCUT2D eigenvalue weighted by molar-refractivity contribution is 0.104. The van der Waals surface area contributed by atoms with E-state index in [-0.39, 0.29) is 18.5 Å². The maximum absolute atomic E-state index is 12.8. The van der Waals surface area contributed by atoms with E-state index in [0.717, 1.165) is 17.0 Å². The number of aliphatic hydroxyl groups is 1. The molecule has 0 radical (unpaired) electrons.